The van der Waals surface area contributed by atoms with Crippen molar-refractivity contribution in [2.75, 3.05) is 19.6 Å². The summed E-state index contributed by atoms with van der Waals surface area (Å²) < 4.78 is 0. The highest BCUT2D eigenvalue weighted by molar-refractivity contribution is 5.94. The minimum Gasteiger partial charge on any atom is -0.342 e. The molecule has 0 aromatic heterocycles. The molecule has 3 fully saturated rings. The molecule has 0 radical (unpaired) electrons. The summed E-state index contributed by atoms with van der Waals surface area (Å²) in [6.07, 6.45) is 10.9. The van der Waals surface area contributed by atoms with Crippen LogP contribution >= 0.6 is 0 Å². The van der Waals surface area contributed by atoms with Gasteiger partial charge in [0.1, 0.15) is 0 Å². The maximum atomic E-state index is 13.4. The van der Waals surface area contributed by atoms with Gasteiger partial charge in [-0.25, -0.2) is 5.43 Å². The number of likely N-dealkylation sites (tertiary alicyclic amines) is 2. The molecular weight excluding hydrogens is 356 g/mol. The number of hydrogen-bond donors (Lipinski definition) is 1. The molecule has 28 heavy (non-hydrogen) atoms. The van der Waals surface area contributed by atoms with Gasteiger partial charge < -0.3 is 9.80 Å². The smallest absolute Gasteiger partial charge is 0.240 e. The fourth-order valence-electron chi connectivity index (χ4n) is 5.41. The van der Waals surface area contributed by atoms with Crippen LogP contribution in [0, 0.1) is 5.41 Å². The molecular formula is C21H32N4O3. The second kappa shape index (κ2) is 8.21. The maximum Gasteiger partial charge on any atom is 0.240 e. The third-order valence-corrected chi connectivity index (χ3v) is 7.10. The van der Waals surface area contributed by atoms with Crippen LogP contribution in [0.3, 0.4) is 0 Å². The minimum atomic E-state index is -0.346. The van der Waals surface area contributed by atoms with Crippen molar-refractivity contribution in [3.05, 3.63) is 0 Å². The molecule has 0 bridgehead atoms. The number of amides is 3. The van der Waals surface area contributed by atoms with Gasteiger partial charge in [-0.1, -0.05) is 19.3 Å². The van der Waals surface area contributed by atoms with E-state index in [2.05, 4.69) is 15.4 Å². The van der Waals surface area contributed by atoms with Crippen molar-refractivity contribution in [1.82, 2.24) is 15.2 Å². The van der Waals surface area contributed by atoms with Crippen molar-refractivity contribution in [3.63, 3.8) is 0 Å². The molecule has 1 unspecified atom stereocenters. The standard InChI is InChI=1S/C21H32N4O3/c26-18-9-7-16(22-23-18)8-10-19(27)24-14-12-21(15-24)11-4-13-25(20(21)28)17-5-2-1-3-6-17/h17H,1-15H2,(H,23,26). The van der Waals surface area contributed by atoms with Crippen molar-refractivity contribution < 1.29 is 14.4 Å². The molecule has 154 valence electrons. The number of carbonyl (C=O) groups is 3. The van der Waals surface area contributed by atoms with E-state index in [0.717, 1.165) is 44.4 Å². The van der Waals surface area contributed by atoms with Crippen molar-refractivity contribution in [2.45, 2.75) is 83.1 Å². The number of hydrazone groups is 1. The fourth-order valence-corrected chi connectivity index (χ4v) is 5.41. The molecule has 3 amide bonds. The average Bonchev–Trinajstić information content (AvgIpc) is 3.15. The molecule has 0 aromatic carbocycles. The lowest BCUT2D eigenvalue weighted by Gasteiger charge is -2.44. The minimum absolute atomic E-state index is 0.0603. The van der Waals surface area contributed by atoms with Gasteiger partial charge in [-0.2, -0.15) is 5.10 Å². The van der Waals surface area contributed by atoms with Gasteiger partial charge in [-0.3, -0.25) is 14.4 Å². The van der Waals surface area contributed by atoms with Crippen LogP contribution in [0.5, 0.6) is 0 Å². The Bertz CT molecular complexity index is 671. The monoisotopic (exact) mass is 388 g/mol. The molecule has 2 saturated heterocycles. The summed E-state index contributed by atoms with van der Waals surface area (Å²) in [6, 6.07) is 0.419. The Labute approximate surface area is 166 Å². The summed E-state index contributed by atoms with van der Waals surface area (Å²) in [7, 11) is 0. The third-order valence-electron chi connectivity index (χ3n) is 7.10. The zero-order chi connectivity index (χ0) is 19.6. The zero-order valence-electron chi connectivity index (χ0n) is 16.8. The lowest BCUT2D eigenvalue weighted by molar-refractivity contribution is -0.149. The van der Waals surface area contributed by atoms with E-state index in [0.29, 0.717) is 50.7 Å². The van der Waals surface area contributed by atoms with Gasteiger partial charge in [0, 0.05) is 44.2 Å². The highest BCUT2D eigenvalue weighted by Gasteiger charge is 2.50. The van der Waals surface area contributed by atoms with Crippen molar-refractivity contribution in [1.29, 1.82) is 0 Å². The van der Waals surface area contributed by atoms with E-state index >= 15 is 0 Å². The highest BCUT2D eigenvalue weighted by atomic mass is 16.2. The summed E-state index contributed by atoms with van der Waals surface area (Å²) >= 11 is 0. The molecule has 4 rings (SSSR count). The number of rotatable bonds is 4. The molecule has 1 atom stereocenters. The second-order valence-corrected chi connectivity index (χ2v) is 8.95. The quantitative estimate of drug-likeness (QED) is 0.802. The average molecular weight is 389 g/mol. The van der Waals surface area contributed by atoms with Gasteiger partial charge in [-0.05, 0) is 44.9 Å². The second-order valence-electron chi connectivity index (χ2n) is 8.95. The van der Waals surface area contributed by atoms with E-state index in [4.69, 9.17) is 0 Å². The van der Waals surface area contributed by atoms with Crippen LogP contribution in [0.25, 0.3) is 0 Å². The predicted octanol–water partition coefficient (Wildman–Crippen LogP) is 2.21. The molecule has 3 heterocycles. The summed E-state index contributed by atoms with van der Waals surface area (Å²) in [5, 5.41) is 4.05. The Balaban J connectivity index is 1.33. The lowest BCUT2D eigenvalue weighted by Crippen LogP contribution is -2.54. The number of piperidine rings is 1. The van der Waals surface area contributed by atoms with Crippen LogP contribution in [-0.4, -0.2) is 58.9 Å². The first-order valence-corrected chi connectivity index (χ1v) is 11.0. The first-order chi connectivity index (χ1) is 13.6. The van der Waals surface area contributed by atoms with E-state index < -0.39 is 0 Å². The molecule has 1 N–H and O–H groups in total. The van der Waals surface area contributed by atoms with Crippen LogP contribution in [0.15, 0.2) is 5.10 Å². The molecule has 1 spiro atoms. The molecule has 4 aliphatic rings. The first-order valence-electron chi connectivity index (χ1n) is 11.0. The third kappa shape index (κ3) is 3.94. The maximum absolute atomic E-state index is 13.4. The molecule has 7 nitrogen and oxygen atoms in total. The fraction of sp³-hybridized carbons (Fsp3) is 0.810. The topological polar surface area (TPSA) is 82.1 Å². The Morgan fingerprint density at radius 3 is 2.64 bits per heavy atom. The van der Waals surface area contributed by atoms with Crippen LogP contribution in [0.1, 0.15) is 77.0 Å². The van der Waals surface area contributed by atoms with Crippen molar-refractivity contribution >= 4 is 23.4 Å². The van der Waals surface area contributed by atoms with E-state index in [1.807, 2.05) is 4.90 Å². The van der Waals surface area contributed by atoms with Gasteiger partial charge in [0.05, 0.1) is 5.41 Å². The Hall–Kier alpha value is -1.92. The zero-order valence-corrected chi connectivity index (χ0v) is 16.8. The molecule has 1 saturated carbocycles. The Morgan fingerprint density at radius 2 is 1.89 bits per heavy atom. The summed E-state index contributed by atoms with van der Waals surface area (Å²) in [4.78, 5) is 41.3. The van der Waals surface area contributed by atoms with Gasteiger partial charge in [0.15, 0.2) is 0 Å². The molecule has 1 aliphatic carbocycles. The number of carbonyl (C=O) groups excluding carboxylic acids is 3. The van der Waals surface area contributed by atoms with Gasteiger partial charge in [-0.15, -0.1) is 0 Å². The molecule has 0 aromatic rings. The van der Waals surface area contributed by atoms with Gasteiger partial charge in [0.25, 0.3) is 0 Å². The predicted molar refractivity (Wildman–Crippen MR) is 105 cm³/mol. The summed E-state index contributed by atoms with van der Waals surface area (Å²) in [5.74, 6) is 0.356. The number of hydrogen-bond acceptors (Lipinski definition) is 4. The van der Waals surface area contributed by atoms with E-state index in [-0.39, 0.29) is 17.2 Å². The van der Waals surface area contributed by atoms with E-state index in [1.54, 1.807) is 0 Å². The summed E-state index contributed by atoms with van der Waals surface area (Å²) in [5.41, 5.74) is 3.03. The van der Waals surface area contributed by atoms with Crippen LogP contribution in [-0.2, 0) is 14.4 Å². The van der Waals surface area contributed by atoms with Crippen molar-refractivity contribution in [3.8, 4) is 0 Å². The lowest BCUT2D eigenvalue weighted by atomic mass is 9.77. The van der Waals surface area contributed by atoms with Crippen LogP contribution in [0.4, 0.5) is 0 Å². The van der Waals surface area contributed by atoms with E-state index in [9.17, 15) is 14.4 Å². The number of nitrogens with one attached hydrogen (secondary N) is 1. The van der Waals surface area contributed by atoms with Gasteiger partial charge in [0.2, 0.25) is 17.7 Å². The number of nitrogens with zero attached hydrogens (tertiary/aromatic N) is 3. The molecule has 3 aliphatic heterocycles. The first kappa shape index (κ1) is 19.4. The van der Waals surface area contributed by atoms with Gasteiger partial charge >= 0.3 is 0 Å². The Morgan fingerprint density at radius 1 is 1.07 bits per heavy atom. The Kier molecular flexibility index (Phi) is 5.69. The largest absolute Gasteiger partial charge is 0.342 e. The SMILES string of the molecule is O=C1CCC(CCC(=O)N2CCC3(CCCN(C4CCCCC4)C3=O)C2)=NN1. The van der Waals surface area contributed by atoms with Crippen molar-refractivity contribution in [2.24, 2.45) is 10.5 Å². The molecule has 7 heteroatoms. The summed E-state index contributed by atoms with van der Waals surface area (Å²) in [6.45, 7) is 2.16. The van der Waals surface area contributed by atoms with Crippen LogP contribution < -0.4 is 5.43 Å². The normalized spacial score (nSPS) is 29.2. The van der Waals surface area contributed by atoms with E-state index in [1.165, 1.54) is 19.3 Å². The van der Waals surface area contributed by atoms with Crippen LogP contribution in [0.2, 0.25) is 0 Å². The highest BCUT2D eigenvalue weighted by Crippen LogP contribution is 2.42.